The summed E-state index contributed by atoms with van der Waals surface area (Å²) in [4.78, 5) is 35.6. The molecule has 1 saturated heterocycles. The van der Waals surface area contributed by atoms with Gasteiger partial charge in [0.1, 0.15) is 11.4 Å². The number of aliphatic hydroxyl groups excluding tert-OH is 1. The minimum atomic E-state index is -0.356. The van der Waals surface area contributed by atoms with Crippen LogP contribution in [0.4, 0.5) is 5.13 Å². The Labute approximate surface area is 177 Å². The van der Waals surface area contributed by atoms with Gasteiger partial charge in [-0.3, -0.25) is 9.59 Å². The quantitative estimate of drug-likeness (QED) is 0.576. The Morgan fingerprint density at radius 1 is 1.20 bits per heavy atom. The average Bonchev–Trinajstić information content (AvgIpc) is 3.16. The first kappa shape index (κ1) is 20.2. The van der Waals surface area contributed by atoms with Crippen molar-refractivity contribution in [1.29, 1.82) is 0 Å². The van der Waals surface area contributed by atoms with Crippen molar-refractivity contribution in [3.8, 4) is 0 Å². The number of rotatable bonds is 5. The summed E-state index contributed by atoms with van der Waals surface area (Å²) in [5.41, 5.74) is 7.88. The summed E-state index contributed by atoms with van der Waals surface area (Å²) >= 11 is 1.40. The van der Waals surface area contributed by atoms with Crippen LogP contribution in [-0.2, 0) is 6.54 Å². The monoisotopic (exact) mass is 425 g/mol. The third kappa shape index (κ3) is 4.27. The van der Waals surface area contributed by atoms with Crippen molar-refractivity contribution >= 4 is 38.5 Å². The van der Waals surface area contributed by atoms with E-state index in [9.17, 15) is 14.7 Å². The van der Waals surface area contributed by atoms with Crippen molar-refractivity contribution in [3.63, 3.8) is 0 Å². The zero-order chi connectivity index (χ0) is 21.1. The van der Waals surface area contributed by atoms with Crippen LogP contribution in [0.15, 0.2) is 36.4 Å². The van der Waals surface area contributed by atoms with Gasteiger partial charge in [-0.25, -0.2) is 9.97 Å². The molecule has 2 aromatic heterocycles. The van der Waals surface area contributed by atoms with Crippen LogP contribution in [0, 0.1) is 0 Å². The Balaban J connectivity index is 1.44. The Morgan fingerprint density at radius 3 is 2.87 bits per heavy atom. The fraction of sp³-hybridized carbons (Fsp3) is 0.333. The van der Waals surface area contributed by atoms with Crippen molar-refractivity contribution in [2.24, 2.45) is 0 Å². The average molecular weight is 426 g/mol. The molecule has 1 aromatic carbocycles. The van der Waals surface area contributed by atoms with Crippen LogP contribution < -0.4 is 11.1 Å². The lowest BCUT2D eigenvalue weighted by Crippen LogP contribution is -2.46. The molecule has 2 amide bonds. The number of carbonyl (C=O) groups is 2. The largest absolute Gasteiger partial charge is 0.394 e. The number of nitrogens with two attached hydrogens (primary N) is 1. The van der Waals surface area contributed by atoms with Crippen LogP contribution in [0.2, 0.25) is 0 Å². The third-order valence-electron chi connectivity index (χ3n) is 5.22. The molecule has 4 N–H and O–H groups in total. The van der Waals surface area contributed by atoms with Gasteiger partial charge in [0.15, 0.2) is 5.13 Å². The summed E-state index contributed by atoms with van der Waals surface area (Å²) in [6.07, 6.45) is 2.67. The van der Waals surface area contributed by atoms with Crippen LogP contribution in [0.3, 0.4) is 0 Å². The Bertz CT molecular complexity index is 1080. The molecule has 30 heavy (non-hydrogen) atoms. The van der Waals surface area contributed by atoms with Crippen molar-refractivity contribution < 1.29 is 14.7 Å². The highest BCUT2D eigenvalue weighted by atomic mass is 32.1. The highest BCUT2D eigenvalue weighted by Gasteiger charge is 2.28. The summed E-state index contributed by atoms with van der Waals surface area (Å²) < 4.78 is 0.963. The van der Waals surface area contributed by atoms with E-state index in [-0.39, 0.29) is 35.9 Å². The van der Waals surface area contributed by atoms with E-state index in [0.29, 0.717) is 18.2 Å². The van der Waals surface area contributed by atoms with E-state index in [1.54, 1.807) is 23.1 Å². The van der Waals surface area contributed by atoms with Gasteiger partial charge in [0.05, 0.1) is 22.9 Å². The topological polar surface area (TPSA) is 121 Å². The summed E-state index contributed by atoms with van der Waals surface area (Å²) in [7, 11) is 0. The molecule has 1 aliphatic heterocycles. The summed E-state index contributed by atoms with van der Waals surface area (Å²) in [5.74, 6) is -0.609. The Morgan fingerprint density at radius 2 is 2.03 bits per heavy atom. The molecule has 1 aliphatic rings. The van der Waals surface area contributed by atoms with E-state index in [1.807, 2.05) is 18.2 Å². The van der Waals surface area contributed by atoms with Gasteiger partial charge < -0.3 is 21.1 Å². The molecule has 156 valence electrons. The van der Waals surface area contributed by atoms with Crippen LogP contribution in [-0.4, -0.2) is 51.0 Å². The first-order valence-corrected chi connectivity index (χ1v) is 10.7. The van der Waals surface area contributed by atoms with Crippen LogP contribution in [0.25, 0.3) is 10.2 Å². The second-order valence-corrected chi connectivity index (χ2v) is 8.34. The lowest BCUT2D eigenvalue weighted by molar-refractivity contribution is 0.0497. The highest BCUT2D eigenvalue weighted by Crippen LogP contribution is 2.24. The maximum absolute atomic E-state index is 12.9. The molecule has 1 atom stereocenters. The van der Waals surface area contributed by atoms with E-state index in [0.717, 1.165) is 35.0 Å². The number of aromatic nitrogens is 2. The van der Waals surface area contributed by atoms with Gasteiger partial charge in [-0.1, -0.05) is 23.5 Å². The highest BCUT2D eigenvalue weighted by molar-refractivity contribution is 7.22. The van der Waals surface area contributed by atoms with Gasteiger partial charge in [-0.05, 0) is 49.1 Å². The fourth-order valence-corrected chi connectivity index (χ4v) is 4.45. The predicted molar refractivity (Wildman–Crippen MR) is 115 cm³/mol. The van der Waals surface area contributed by atoms with E-state index in [4.69, 9.17) is 5.73 Å². The Kier molecular flexibility index (Phi) is 5.91. The molecule has 0 radical (unpaired) electrons. The van der Waals surface area contributed by atoms with Gasteiger partial charge in [0.25, 0.3) is 11.8 Å². The Hall–Kier alpha value is -3.04. The number of nitrogens with one attached hydrogen (secondary N) is 1. The molecule has 0 spiro atoms. The molecule has 3 aromatic rings. The maximum atomic E-state index is 12.9. The normalized spacial score (nSPS) is 16.6. The second-order valence-electron chi connectivity index (χ2n) is 7.28. The molecule has 9 heteroatoms. The number of anilines is 1. The number of nitrogens with zero attached hydrogens (tertiary/aromatic N) is 3. The number of amides is 2. The second kappa shape index (κ2) is 8.76. The van der Waals surface area contributed by atoms with E-state index in [2.05, 4.69) is 15.3 Å². The molecule has 1 unspecified atom stereocenters. The number of nitrogen functional groups attached to an aromatic ring is 1. The molecule has 1 fully saturated rings. The molecule has 8 nitrogen and oxygen atoms in total. The minimum Gasteiger partial charge on any atom is -0.394 e. The summed E-state index contributed by atoms with van der Waals surface area (Å²) in [6.45, 7) is 0.847. The zero-order valence-electron chi connectivity index (χ0n) is 16.4. The molecular weight excluding hydrogens is 402 g/mol. The molecule has 0 aliphatic carbocycles. The standard InChI is InChI=1S/C21H23N5O3S/c22-21-25-15-8-7-13(10-18(15)30-21)11-23-19(28)16-5-3-6-17(24-16)20(29)26-9-2-1-4-14(26)12-27/h3,5-8,10,14,27H,1-2,4,9,11-12H2,(H2,22,25)(H,23,28). The number of thiazole rings is 1. The van der Waals surface area contributed by atoms with Crippen molar-refractivity contribution in [2.75, 3.05) is 18.9 Å². The van der Waals surface area contributed by atoms with Crippen molar-refractivity contribution in [2.45, 2.75) is 31.8 Å². The number of hydrogen-bond donors (Lipinski definition) is 3. The van der Waals surface area contributed by atoms with Gasteiger partial charge in [0.2, 0.25) is 0 Å². The van der Waals surface area contributed by atoms with E-state index >= 15 is 0 Å². The maximum Gasteiger partial charge on any atom is 0.272 e. The van der Waals surface area contributed by atoms with Gasteiger partial charge >= 0.3 is 0 Å². The van der Waals surface area contributed by atoms with Gasteiger partial charge in [0, 0.05) is 13.1 Å². The third-order valence-corrected chi connectivity index (χ3v) is 6.07. The van der Waals surface area contributed by atoms with E-state index < -0.39 is 0 Å². The number of aliphatic hydroxyl groups is 1. The number of benzene rings is 1. The molecule has 4 rings (SSSR count). The molecule has 0 bridgehead atoms. The van der Waals surface area contributed by atoms with Crippen molar-refractivity contribution in [1.82, 2.24) is 20.2 Å². The SMILES string of the molecule is Nc1nc2ccc(CNC(=O)c3cccc(C(=O)N4CCCCC4CO)n3)cc2s1. The number of likely N-dealkylation sites (tertiary alicyclic amines) is 1. The van der Waals surface area contributed by atoms with Gasteiger partial charge in [-0.15, -0.1) is 0 Å². The number of piperidine rings is 1. The summed E-state index contributed by atoms with van der Waals surface area (Å²) in [5, 5.41) is 12.9. The van der Waals surface area contributed by atoms with Crippen LogP contribution >= 0.6 is 11.3 Å². The molecule has 0 saturated carbocycles. The molecular formula is C21H23N5O3S. The summed E-state index contributed by atoms with van der Waals surface area (Å²) in [6, 6.07) is 10.4. The minimum absolute atomic E-state index is 0.0678. The fourth-order valence-electron chi connectivity index (χ4n) is 3.65. The first-order valence-electron chi connectivity index (χ1n) is 9.87. The number of pyridine rings is 1. The lowest BCUT2D eigenvalue weighted by Gasteiger charge is -2.34. The van der Waals surface area contributed by atoms with Gasteiger partial charge in [-0.2, -0.15) is 0 Å². The predicted octanol–water partition coefficient (Wildman–Crippen LogP) is 2.19. The zero-order valence-corrected chi connectivity index (χ0v) is 17.2. The van der Waals surface area contributed by atoms with Crippen LogP contribution in [0.1, 0.15) is 45.8 Å². The first-order chi connectivity index (χ1) is 14.5. The van der Waals surface area contributed by atoms with E-state index in [1.165, 1.54) is 11.3 Å². The lowest BCUT2D eigenvalue weighted by atomic mass is 10.0. The number of hydrogen-bond acceptors (Lipinski definition) is 7. The van der Waals surface area contributed by atoms with Crippen LogP contribution in [0.5, 0.6) is 0 Å². The molecule has 3 heterocycles. The number of fused-ring (bicyclic) bond motifs is 1. The smallest absolute Gasteiger partial charge is 0.272 e. The number of carbonyl (C=O) groups excluding carboxylic acids is 2. The van der Waals surface area contributed by atoms with Crippen molar-refractivity contribution in [3.05, 3.63) is 53.3 Å².